The molecule has 0 aromatic carbocycles. The SMILES string of the molecule is CN(C)S(=O)(=O)c1c2nc(cc3ccc(cc4ccc(cc5nc1C=C5)[nH]4)[nH]3)C=C2. The lowest BCUT2D eigenvalue weighted by Crippen LogP contribution is -2.24. The molecule has 3 aromatic heterocycles. The van der Waals surface area contributed by atoms with Crippen molar-refractivity contribution < 1.29 is 8.42 Å². The fourth-order valence-corrected chi connectivity index (χ4v) is 4.55. The second-order valence-corrected chi connectivity index (χ2v) is 9.39. The average molecular weight is 417 g/mol. The van der Waals surface area contributed by atoms with Crippen LogP contribution in [0.2, 0.25) is 0 Å². The first kappa shape index (κ1) is 18.5. The Labute approximate surface area is 173 Å². The van der Waals surface area contributed by atoms with Crippen LogP contribution in [-0.4, -0.2) is 46.8 Å². The molecular formula is C22H19N5O2S. The highest BCUT2D eigenvalue weighted by Crippen LogP contribution is 2.27. The van der Waals surface area contributed by atoms with Crippen LogP contribution in [0.25, 0.3) is 46.4 Å². The zero-order chi connectivity index (χ0) is 20.9. The van der Waals surface area contributed by atoms with Gasteiger partial charge >= 0.3 is 0 Å². The molecule has 0 unspecified atom stereocenters. The molecule has 0 amide bonds. The number of aromatic nitrogens is 4. The van der Waals surface area contributed by atoms with E-state index in [4.69, 9.17) is 0 Å². The summed E-state index contributed by atoms with van der Waals surface area (Å²) in [6.07, 6.45) is 7.03. The number of hydrogen-bond acceptors (Lipinski definition) is 4. The highest BCUT2D eigenvalue weighted by Gasteiger charge is 2.26. The normalized spacial score (nSPS) is 13.3. The van der Waals surface area contributed by atoms with E-state index in [-0.39, 0.29) is 4.90 Å². The minimum Gasteiger partial charge on any atom is -0.355 e. The van der Waals surface area contributed by atoms with Crippen molar-refractivity contribution in [1.29, 1.82) is 0 Å². The molecule has 2 N–H and O–H groups in total. The third-order valence-corrected chi connectivity index (χ3v) is 6.80. The van der Waals surface area contributed by atoms with Crippen molar-refractivity contribution >= 4 is 56.4 Å². The molecule has 0 aliphatic carbocycles. The van der Waals surface area contributed by atoms with Gasteiger partial charge in [0.25, 0.3) is 0 Å². The minimum atomic E-state index is -3.76. The summed E-state index contributed by atoms with van der Waals surface area (Å²) in [7, 11) is -0.754. The van der Waals surface area contributed by atoms with Crippen molar-refractivity contribution in [2.24, 2.45) is 0 Å². The van der Waals surface area contributed by atoms with E-state index in [1.54, 1.807) is 24.3 Å². The third-order valence-electron chi connectivity index (χ3n) is 4.91. The molecule has 5 heterocycles. The Kier molecular flexibility index (Phi) is 4.19. The summed E-state index contributed by atoms with van der Waals surface area (Å²) in [5.41, 5.74) is 5.72. The van der Waals surface area contributed by atoms with Crippen LogP contribution < -0.4 is 0 Å². The number of H-pyrrole nitrogens is 2. The van der Waals surface area contributed by atoms with Crippen molar-refractivity contribution in [2.75, 3.05) is 14.1 Å². The van der Waals surface area contributed by atoms with Gasteiger partial charge in [0.05, 0.1) is 22.8 Å². The zero-order valence-electron chi connectivity index (χ0n) is 16.4. The first-order valence-electron chi connectivity index (χ1n) is 9.38. The first-order chi connectivity index (χ1) is 14.4. The van der Waals surface area contributed by atoms with E-state index in [0.29, 0.717) is 22.8 Å². The van der Waals surface area contributed by atoms with Gasteiger partial charge < -0.3 is 9.97 Å². The monoisotopic (exact) mass is 417 g/mol. The third kappa shape index (κ3) is 3.26. The number of rotatable bonds is 2. The molecule has 0 saturated heterocycles. The predicted molar refractivity (Wildman–Crippen MR) is 120 cm³/mol. The molecule has 2 aliphatic rings. The van der Waals surface area contributed by atoms with Gasteiger partial charge in [-0.2, -0.15) is 0 Å². The number of nitrogens with one attached hydrogen (secondary N) is 2. The maximum atomic E-state index is 13.1. The molecule has 0 radical (unpaired) electrons. The van der Waals surface area contributed by atoms with E-state index in [0.717, 1.165) is 22.1 Å². The van der Waals surface area contributed by atoms with Gasteiger partial charge in [-0.3, -0.25) is 0 Å². The van der Waals surface area contributed by atoms with Crippen LogP contribution in [0, 0.1) is 0 Å². The van der Waals surface area contributed by atoms with E-state index in [9.17, 15) is 8.42 Å². The Balaban J connectivity index is 1.92. The summed E-state index contributed by atoms with van der Waals surface area (Å²) < 4.78 is 27.4. The molecule has 7 nitrogen and oxygen atoms in total. The van der Waals surface area contributed by atoms with E-state index >= 15 is 0 Å². The molecule has 150 valence electrons. The molecule has 8 heteroatoms. The molecule has 0 saturated carbocycles. The Morgan fingerprint density at radius 3 is 1.57 bits per heavy atom. The largest absolute Gasteiger partial charge is 0.355 e. The number of aromatic amines is 2. The maximum absolute atomic E-state index is 13.1. The van der Waals surface area contributed by atoms with Gasteiger partial charge in [0.1, 0.15) is 4.90 Å². The highest BCUT2D eigenvalue weighted by molar-refractivity contribution is 7.89. The van der Waals surface area contributed by atoms with Crippen LogP contribution in [0.15, 0.2) is 47.4 Å². The fourth-order valence-electron chi connectivity index (χ4n) is 3.43. The van der Waals surface area contributed by atoms with E-state index in [1.165, 1.54) is 18.4 Å². The summed E-state index contributed by atoms with van der Waals surface area (Å²) in [6.45, 7) is 0. The second-order valence-electron chi connectivity index (χ2n) is 7.30. The summed E-state index contributed by atoms with van der Waals surface area (Å²) in [5, 5.41) is 0. The van der Waals surface area contributed by atoms with Gasteiger partial charge in [0.2, 0.25) is 10.0 Å². The Morgan fingerprint density at radius 2 is 1.13 bits per heavy atom. The molecule has 2 aliphatic heterocycles. The van der Waals surface area contributed by atoms with Crippen molar-refractivity contribution in [3.63, 3.8) is 0 Å². The van der Waals surface area contributed by atoms with Crippen molar-refractivity contribution in [2.45, 2.75) is 4.90 Å². The zero-order valence-corrected chi connectivity index (χ0v) is 17.2. The standard InChI is InChI=1S/C22H19N5O2S/c1-27(2)30(28,29)22-20-9-7-18(25-20)12-16-5-3-14(23-16)11-15-4-6-17(24-15)13-19-8-10-21(22)26-19/h3-13,23-24H,1-2H3. The smallest absolute Gasteiger partial charge is 0.246 e. The van der Waals surface area contributed by atoms with E-state index < -0.39 is 10.0 Å². The molecule has 0 atom stereocenters. The summed E-state index contributed by atoms with van der Waals surface area (Å²) in [5.74, 6) is 0. The van der Waals surface area contributed by atoms with Gasteiger partial charge in [-0.15, -0.1) is 0 Å². The number of fused-ring (bicyclic) bond motifs is 8. The number of sulfonamides is 1. The van der Waals surface area contributed by atoms with Crippen molar-refractivity contribution in [1.82, 2.24) is 24.2 Å². The van der Waals surface area contributed by atoms with Crippen LogP contribution in [-0.2, 0) is 10.0 Å². The first-order valence-corrected chi connectivity index (χ1v) is 10.8. The van der Waals surface area contributed by atoms with Crippen LogP contribution >= 0.6 is 0 Å². The summed E-state index contributed by atoms with van der Waals surface area (Å²) in [6, 6.07) is 13.7. The molecule has 0 fully saturated rings. The predicted octanol–water partition coefficient (Wildman–Crippen LogP) is 3.91. The Bertz CT molecular complexity index is 1400. The quantitative estimate of drug-likeness (QED) is 0.455. The van der Waals surface area contributed by atoms with Gasteiger partial charge in [0.15, 0.2) is 0 Å². The molecule has 0 spiro atoms. The van der Waals surface area contributed by atoms with Gasteiger partial charge in [-0.05, 0) is 66.8 Å². The van der Waals surface area contributed by atoms with Gasteiger partial charge in [-0.1, -0.05) is 0 Å². The Hall–Kier alpha value is -3.49. The number of nitrogens with zero attached hydrogens (tertiary/aromatic N) is 3. The van der Waals surface area contributed by atoms with E-state index in [2.05, 4.69) is 19.9 Å². The lowest BCUT2D eigenvalue weighted by atomic mass is 10.3. The molecule has 8 bridgehead atoms. The maximum Gasteiger partial charge on any atom is 0.246 e. The summed E-state index contributed by atoms with van der Waals surface area (Å²) in [4.78, 5) is 15.9. The van der Waals surface area contributed by atoms with Crippen molar-refractivity contribution in [3.05, 3.63) is 65.2 Å². The molecule has 30 heavy (non-hydrogen) atoms. The summed E-state index contributed by atoms with van der Waals surface area (Å²) >= 11 is 0. The van der Waals surface area contributed by atoms with Crippen LogP contribution in [0.5, 0.6) is 0 Å². The Morgan fingerprint density at radius 1 is 0.700 bits per heavy atom. The molecular weight excluding hydrogens is 398 g/mol. The minimum absolute atomic E-state index is 0.0894. The average Bonchev–Trinajstić information content (AvgIpc) is 3.46. The fraction of sp³-hybridized carbons (Fsp3) is 0.0909. The van der Waals surface area contributed by atoms with Gasteiger partial charge in [-0.25, -0.2) is 22.7 Å². The van der Waals surface area contributed by atoms with Crippen molar-refractivity contribution in [3.8, 4) is 0 Å². The van der Waals surface area contributed by atoms with Crippen LogP contribution in [0.4, 0.5) is 0 Å². The van der Waals surface area contributed by atoms with Crippen LogP contribution in [0.1, 0.15) is 22.8 Å². The van der Waals surface area contributed by atoms with Crippen LogP contribution in [0.3, 0.4) is 0 Å². The molecule has 5 rings (SSSR count). The second kappa shape index (κ2) is 6.79. The topological polar surface area (TPSA) is 94.7 Å². The number of hydrogen-bond donors (Lipinski definition) is 2. The van der Waals surface area contributed by atoms with E-state index in [1.807, 2.05) is 42.5 Å². The lowest BCUT2D eigenvalue weighted by Gasteiger charge is -2.12. The lowest BCUT2D eigenvalue weighted by molar-refractivity contribution is 0.520. The highest BCUT2D eigenvalue weighted by atomic mass is 32.2. The molecule has 3 aromatic rings. The van der Waals surface area contributed by atoms with Gasteiger partial charge in [0, 0.05) is 36.2 Å².